The SMILES string of the molecule is CCCN=C=NC1CCCCC1.CCNCC. The van der Waals surface area contributed by atoms with E-state index in [0.717, 1.165) is 26.1 Å². The molecule has 0 amide bonds. The summed E-state index contributed by atoms with van der Waals surface area (Å²) in [6.07, 6.45) is 7.64. The summed E-state index contributed by atoms with van der Waals surface area (Å²) in [6.45, 7) is 9.38. The topological polar surface area (TPSA) is 36.8 Å². The number of nitrogens with zero attached hydrogens (tertiary/aromatic N) is 2. The van der Waals surface area contributed by atoms with Gasteiger partial charge in [-0.05, 0) is 32.4 Å². The smallest absolute Gasteiger partial charge is 0.0895 e. The monoisotopic (exact) mass is 239 g/mol. The Kier molecular flexibility index (Phi) is 12.9. The molecule has 0 aromatic heterocycles. The van der Waals surface area contributed by atoms with Crippen molar-refractivity contribution in [3.63, 3.8) is 0 Å². The van der Waals surface area contributed by atoms with Gasteiger partial charge in [-0.25, -0.2) is 9.98 Å². The van der Waals surface area contributed by atoms with E-state index in [1.54, 1.807) is 0 Å². The summed E-state index contributed by atoms with van der Waals surface area (Å²) in [5.74, 6) is 0. The molecule has 0 spiro atoms. The third-order valence-electron chi connectivity index (χ3n) is 2.72. The highest BCUT2D eigenvalue weighted by atomic mass is 14.8. The molecule has 1 N–H and O–H groups in total. The second-order valence-electron chi connectivity index (χ2n) is 4.36. The molecule has 1 rings (SSSR count). The van der Waals surface area contributed by atoms with Crippen LogP contribution in [0.3, 0.4) is 0 Å². The van der Waals surface area contributed by atoms with Crippen molar-refractivity contribution in [2.45, 2.75) is 65.3 Å². The van der Waals surface area contributed by atoms with Gasteiger partial charge in [-0.2, -0.15) is 0 Å². The molecule has 0 saturated heterocycles. The van der Waals surface area contributed by atoms with E-state index in [-0.39, 0.29) is 0 Å². The van der Waals surface area contributed by atoms with Gasteiger partial charge in [0, 0.05) is 6.54 Å². The Morgan fingerprint density at radius 1 is 1.06 bits per heavy atom. The van der Waals surface area contributed by atoms with Crippen LogP contribution in [0.25, 0.3) is 0 Å². The average Bonchev–Trinajstić information content (AvgIpc) is 2.38. The first-order valence-electron chi connectivity index (χ1n) is 7.17. The van der Waals surface area contributed by atoms with E-state index in [1.807, 2.05) is 0 Å². The largest absolute Gasteiger partial charge is 0.317 e. The first-order valence-corrected chi connectivity index (χ1v) is 7.17. The van der Waals surface area contributed by atoms with Gasteiger partial charge in [-0.1, -0.05) is 40.0 Å². The van der Waals surface area contributed by atoms with E-state index in [2.05, 4.69) is 42.1 Å². The van der Waals surface area contributed by atoms with Gasteiger partial charge in [0.15, 0.2) is 0 Å². The van der Waals surface area contributed by atoms with Crippen molar-refractivity contribution in [1.82, 2.24) is 5.32 Å². The van der Waals surface area contributed by atoms with Gasteiger partial charge >= 0.3 is 0 Å². The highest BCUT2D eigenvalue weighted by Crippen LogP contribution is 2.19. The van der Waals surface area contributed by atoms with Gasteiger partial charge in [0.2, 0.25) is 0 Å². The van der Waals surface area contributed by atoms with Crippen molar-refractivity contribution in [2.75, 3.05) is 19.6 Å². The molecule has 1 aliphatic rings. The number of hydrogen-bond acceptors (Lipinski definition) is 3. The highest BCUT2D eigenvalue weighted by molar-refractivity contribution is 5.41. The first kappa shape index (κ1) is 16.3. The molecular weight excluding hydrogens is 210 g/mol. The van der Waals surface area contributed by atoms with Crippen LogP contribution >= 0.6 is 0 Å². The van der Waals surface area contributed by atoms with Crippen LogP contribution in [-0.2, 0) is 0 Å². The maximum absolute atomic E-state index is 4.30. The lowest BCUT2D eigenvalue weighted by atomic mass is 9.96. The molecule has 1 fully saturated rings. The fourth-order valence-corrected chi connectivity index (χ4v) is 1.74. The molecule has 0 aromatic carbocycles. The fourth-order valence-electron chi connectivity index (χ4n) is 1.74. The standard InChI is InChI=1S/C10H18N2.C4H11N/c1-2-8-11-9-12-10-6-4-3-5-7-10;1-3-5-4-2/h10H,2-8H2,1H3;5H,3-4H2,1-2H3. The van der Waals surface area contributed by atoms with Crippen LogP contribution in [-0.4, -0.2) is 31.7 Å². The zero-order chi connectivity index (χ0) is 12.8. The molecule has 0 heterocycles. The van der Waals surface area contributed by atoms with E-state index in [0.29, 0.717) is 6.04 Å². The van der Waals surface area contributed by atoms with Crippen LogP contribution in [0.4, 0.5) is 0 Å². The Balaban J connectivity index is 0.000000437. The summed E-state index contributed by atoms with van der Waals surface area (Å²) in [6, 6.07) is 3.33. The zero-order valence-electron chi connectivity index (χ0n) is 11.8. The van der Waals surface area contributed by atoms with E-state index in [1.165, 1.54) is 32.1 Å². The van der Waals surface area contributed by atoms with Crippen molar-refractivity contribution in [3.05, 3.63) is 0 Å². The number of rotatable bonds is 5. The molecule has 1 aliphatic carbocycles. The van der Waals surface area contributed by atoms with Crippen molar-refractivity contribution >= 4 is 6.01 Å². The summed E-state index contributed by atoms with van der Waals surface area (Å²) >= 11 is 0. The Hall–Kier alpha value is -0.660. The second kappa shape index (κ2) is 13.4. The number of hydrogen-bond donors (Lipinski definition) is 1. The molecule has 3 nitrogen and oxygen atoms in total. The van der Waals surface area contributed by atoms with Crippen LogP contribution in [0.1, 0.15) is 59.3 Å². The quantitative estimate of drug-likeness (QED) is 0.732. The average molecular weight is 239 g/mol. The summed E-state index contributed by atoms with van der Waals surface area (Å²) in [5, 5.41) is 3.11. The van der Waals surface area contributed by atoms with Crippen molar-refractivity contribution in [3.8, 4) is 0 Å². The van der Waals surface area contributed by atoms with Crippen molar-refractivity contribution in [2.24, 2.45) is 9.98 Å². The van der Waals surface area contributed by atoms with E-state index < -0.39 is 0 Å². The van der Waals surface area contributed by atoms with Crippen LogP contribution in [0.5, 0.6) is 0 Å². The Morgan fingerprint density at radius 2 is 1.71 bits per heavy atom. The third kappa shape index (κ3) is 11.6. The maximum Gasteiger partial charge on any atom is 0.0895 e. The lowest BCUT2D eigenvalue weighted by Crippen LogP contribution is -2.09. The molecule has 0 aromatic rings. The second-order valence-corrected chi connectivity index (χ2v) is 4.36. The van der Waals surface area contributed by atoms with Crippen LogP contribution in [0, 0.1) is 0 Å². The molecule has 0 unspecified atom stereocenters. The fraction of sp³-hybridized carbons (Fsp3) is 0.929. The molecule has 100 valence electrons. The molecule has 0 atom stereocenters. The van der Waals surface area contributed by atoms with Crippen molar-refractivity contribution in [1.29, 1.82) is 0 Å². The lowest BCUT2D eigenvalue weighted by molar-refractivity contribution is 0.444. The van der Waals surface area contributed by atoms with E-state index >= 15 is 0 Å². The molecular formula is C14H29N3. The third-order valence-corrected chi connectivity index (χ3v) is 2.72. The summed E-state index contributed by atoms with van der Waals surface area (Å²) in [5.41, 5.74) is 0. The Morgan fingerprint density at radius 3 is 2.18 bits per heavy atom. The molecule has 17 heavy (non-hydrogen) atoms. The first-order chi connectivity index (χ1) is 8.35. The maximum atomic E-state index is 4.30. The molecule has 3 heteroatoms. The highest BCUT2D eigenvalue weighted by Gasteiger charge is 2.10. The molecule has 0 radical (unpaired) electrons. The minimum absolute atomic E-state index is 0.527. The van der Waals surface area contributed by atoms with Gasteiger partial charge < -0.3 is 5.32 Å². The van der Waals surface area contributed by atoms with Gasteiger partial charge in [-0.3, -0.25) is 0 Å². The summed E-state index contributed by atoms with van der Waals surface area (Å²) in [4.78, 5) is 8.37. The predicted octanol–water partition coefficient (Wildman–Crippen LogP) is 3.52. The number of aliphatic imine (C=N–C) groups is 2. The summed E-state index contributed by atoms with van der Waals surface area (Å²) < 4.78 is 0. The van der Waals surface area contributed by atoms with Crippen LogP contribution in [0.2, 0.25) is 0 Å². The van der Waals surface area contributed by atoms with E-state index in [9.17, 15) is 0 Å². The van der Waals surface area contributed by atoms with Gasteiger partial charge in [-0.15, -0.1) is 0 Å². The minimum Gasteiger partial charge on any atom is -0.317 e. The normalized spacial score (nSPS) is 15.5. The Labute approximate surface area is 107 Å². The zero-order valence-corrected chi connectivity index (χ0v) is 11.8. The van der Waals surface area contributed by atoms with Crippen LogP contribution in [0.15, 0.2) is 9.98 Å². The molecule has 0 aliphatic heterocycles. The number of nitrogens with one attached hydrogen (secondary N) is 1. The van der Waals surface area contributed by atoms with Gasteiger partial charge in [0.25, 0.3) is 0 Å². The summed E-state index contributed by atoms with van der Waals surface area (Å²) in [7, 11) is 0. The molecule has 1 saturated carbocycles. The predicted molar refractivity (Wildman–Crippen MR) is 76.1 cm³/mol. The van der Waals surface area contributed by atoms with Crippen molar-refractivity contribution < 1.29 is 0 Å². The van der Waals surface area contributed by atoms with Crippen LogP contribution < -0.4 is 5.32 Å². The van der Waals surface area contributed by atoms with E-state index in [4.69, 9.17) is 0 Å². The molecule has 0 bridgehead atoms. The Bertz CT molecular complexity index is 200. The van der Waals surface area contributed by atoms with Gasteiger partial charge in [0.05, 0.1) is 12.1 Å². The lowest BCUT2D eigenvalue weighted by Gasteiger charge is -2.15. The van der Waals surface area contributed by atoms with Gasteiger partial charge in [0.1, 0.15) is 0 Å². The minimum atomic E-state index is 0.527.